The maximum Gasteiger partial charge on any atom is 0.155 e. The maximum atomic E-state index is 5.69. The predicted octanol–water partition coefficient (Wildman–Crippen LogP) is 0.400. The van der Waals surface area contributed by atoms with Crippen LogP contribution >= 0.6 is 11.6 Å². The molecule has 0 spiro atoms. The lowest BCUT2D eigenvalue weighted by atomic mass is 10.3. The molecule has 0 radical (unpaired) electrons. The van der Waals surface area contributed by atoms with Crippen LogP contribution in [0.4, 0.5) is 11.4 Å². The molecule has 0 unspecified atom stereocenters. The van der Waals surface area contributed by atoms with Gasteiger partial charge in [-0.05, 0) is 23.3 Å². The van der Waals surface area contributed by atoms with E-state index >= 15 is 0 Å². The Morgan fingerprint density at radius 2 is 2.33 bits per heavy atom. The molecule has 0 heterocycles. The van der Waals surface area contributed by atoms with E-state index in [2.05, 4.69) is 15.5 Å². The first-order chi connectivity index (χ1) is 5.77. The van der Waals surface area contributed by atoms with Crippen molar-refractivity contribution in [1.29, 1.82) is 0 Å². The van der Waals surface area contributed by atoms with Crippen molar-refractivity contribution in [2.75, 3.05) is 5.48 Å². The molecular weight excluding hydrogens is 180 g/mol. The highest BCUT2D eigenvalue weighted by atomic mass is 35.5. The van der Waals surface area contributed by atoms with Gasteiger partial charge in [-0.3, -0.25) is 0 Å². The van der Waals surface area contributed by atoms with Gasteiger partial charge in [0.15, 0.2) is 5.69 Å². The summed E-state index contributed by atoms with van der Waals surface area (Å²) in [5.74, 6) is 4.80. The van der Waals surface area contributed by atoms with Gasteiger partial charge in [-0.1, -0.05) is 11.6 Å². The third-order valence-corrected chi connectivity index (χ3v) is 1.50. The highest BCUT2D eigenvalue weighted by Crippen LogP contribution is 2.26. The molecule has 0 aliphatic rings. The van der Waals surface area contributed by atoms with E-state index < -0.39 is 0 Å². The van der Waals surface area contributed by atoms with Crippen molar-refractivity contribution in [2.45, 2.75) is 0 Å². The monoisotopic (exact) mass is 187 g/mol. The first-order valence-electron chi connectivity index (χ1n) is 3.10. The Balaban J connectivity index is 3.03. The minimum Gasteiger partial charge on any atom is -0.246 e. The molecule has 0 aromatic heterocycles. The van der Waals surface area contributed by atoms with Gasteiger partial charge in [0.05, 0.1) is 5.69 Å². The number of benzene rings is 1. The van der Waals surface area contributed by atoms with Crippen LogP contribution in [0.2, 0.25) is 5.02 Å². The Kier molecular flexibility index (Phi) is 2.98. The van der Waals surface area contributed by atoms with Crippen molar-refractivity contribution in [3.05, 3.63) is 23.2 Å². The second kappa shape index (κ2) is 4.01. The number of hydrogen-bond donors (Lipinski definition) is 3. The summed E-state index contributed by atoms with van der Waals surface area (Å²) in [5.41, 5.74) is 8.50. The molecule has 5 nitrogen and oxygen atoms in total. The Morgan fingerprint density at radius 1 is 1.58 bits per heavy atom. The molecule has 12 heavy (non-hydrogen) atoms. The van der Waals surface area contributed by atoms with E-state index in [-0.39, 0.29) is 0 Å². The number of nitrogens with two attached hydrogens (primary N) is 2. The number of halogens is 1. The van der Waals surface area contributed by atoms with E-state index in [1.54, 1.807) is 18.2 Å². The van der Waals surface area contributed by atoms with Crippen LogP contribution in [-0.4, -0.2) is 0 Å². The topological polar surface area (TPSA) is 85.2 Å². The molecule has 0 atom stereocenters. The molecule has 1 aromatic rings. The van der Waals surface area contributed by atoms with Crippen LogP contribution in [0.3, 0.4) is 0 Å². The summed E-state index contributed by atoms with van der Waals surface area (Å²) < 4.78 is 0. The minimum absolute atomic E-state index is 0.518. The van der Waals surface area contributed by atoms with E-state index in [9.17, 15) is 0 Å². The smallest absolute Gasteiger partial charge is 0.155 e. The summed E-state index contributed by atoms with van der Waals surface area (Å²) in [5, 5.41) is 4.02. The van der Waals surface area contributed by atoms with E-state index in [0.29, 0.717) is 16.4 Å². The van der Waals surface area contributed by atoms with Crippen LogP contribution in [0, 0.1) is 0 Å². The quantitative estimate of drug-likeness (QED) is 0.473. The van der Waals surface area contributed by atoms with Gasteiger partial charge >= 0.3 is 0 Å². The molecule has 1 rings (SSSR count). The van der Waals surface area contributed by atoms with E-state index in [1.807, 2.05) is 0 Å². The molecule has 0 saturated carbocycles. The molecule has 0 aliphatic carbocycles. The highest BCUT2D eigenvalue weighted by molar-refractivity contribution is 6.31. The van der Waals surface area contributed by atoms with Crippen molar-refractivity contribution in [3.63, 3.8) is 0 Å². The lowest BCUT2D eigenvalue weighted by Crippen LogP contribution is -2.22. The van der Waals surface area contributed by atoms with Crippen LogP contribution in [0.1, 0.15) is 0 Å². The number of nitrogens with one attached hydrogen (secondary N) is 1. The van der Waals surface area contributed by atoms with Gasteiger partial charge in [0.2, 0.25) is 0 Å². The first kappa shape index (κ1) is 8.92. The normalized spacial score (nSPS) is 9.50. The fourth-order valence-corrected chi connectivity index (χ4v) is 0.938. The average molecular weight is 188 g/mol. The zero-order valence-electron chi connectivity index (χ0n) is 6.12. The fourth-order valence-electron chi connectivity index (χ4n) is 0.766. The number of anilines is 1. The second-order valence-corrected chi connectivity index (χ2v) is 2.45. The van der Waals surface area contributed by atoms with Crippen LogP contribution in [-0.2, 0) is 4.94 Å². The summed E-state index contributed by atoms with van der Waals surface area (Å²) in [6, 6.07) is 4.90. The second-order valence-electron chi connectivity index (χ2n) is 2.01. The molecule has 64 valence electrons. The highest BCUT2D eigenvalue weighted by Gasteiger charge is 2.03. The number of nitrogens with zero attached hydrogens (tertiary/aromatic N) is 1. The van der Waals surface area contributed by atoms with Gasteiger partial charge in [0, 0.05) is 5.02 Å². The Hall–Kier alpha value is -1.17. The summed E-state index contributed by atoms with van der Waals surface area (Å²) in [4.78, 5) is 4.20. The van der Waals surface area contributed by atoms with Crippen LogP contribution in [0.5, 0.6) is 0 Å². The number of hydrogen-bond acceptors (Lipinski definition) is 4. The molecule has 0 fully saturated rings. The maximum absolute atomic E-state index is 5.69. The molecule has 0 bridgehead atoms. The Morgan fingerprint density at radius 3 is 2.92 bits per heavy atom. The third kappa shape index (κ3) is 1.91. The summed E-state index contributed by atoms with van der Waals surface area (Å²) >= 11 is 5.69. The van der Waals surface area contributed by atoms with Crippen molar-refractivity contribution in [3.8, 4) is 0 Å². The molecule has 6 heteroatoms. The van der Waals surface area contributed by atoms with Gasteiger partial charge in [0.25, 0.3) is 0 Å². The van der Waals surface area contributed by atoms with Crippen LogP contribution in [0.25, 0.3) is 0 Å². The van der Waals surface area contributed by atoms with Crippen LogP contribution < -0.4 is 16.9 Å². The molecule has 5 N–H and O–H groups in total. The van der Waals surface area contributed by atoms with Crippen LogP contribution in [0.15, 0.2) is 23.3 Å². The van der Waals surface area contributed by atoms with Crippen molar-refractivity contribution >= 4 is 23.0 Å². The third-order valence-electron chi connectivity index (χ3n) is 1.27. The lowest BCUT2D eigenvalue weighted by molar-refractivity contribution is -0.210. The Labute approximate surface area is 73.9 Å². The molecular formula is C6H8ClN4O+. The molecule has 0 amide bonds. The van der Waals surface area contributed by atoms with Gasteiger partial charge in [-0.2, -0.15) is 16.4 Å². The minimum atomic E-state index is 0.518. The van der Waals surface area contributed by atoms with Gasteiger partial charge in [-0.15, -0.1) is 0 Å². The van der Waals surface area contributed by atoms with E-state index in [1.165, 1.54) is 0 Å². The first-order valence-corrected chi connectivity index (χ1v) is 3.48. The molecule has 0 saturated heterocycles. The SMILES string of the molecule is NONc1cc(Cl)ccc1N=[NH2+]. The number of rotatable bonds is 3. The van der Waals surface area contributed by atoms with E-state index in [4.69, 9.17) is 23.0 Å². The van der Waals surface area contributed by atoms with E-state index in [0.717, 1.165) is 0 Å². The van der Waals surface area contributed by atoms with Crippen molar-refractivity contribution < 1.29 is 10.5 Å². The Bertz CT molecular complexity index is 291. The largest absolute Gasteiger partial charge is 0.246 e. The molecule has 1 aromatic carbocycles. The lowest BCUT2D eigenvalue weighted by Gasteiger charge is -2.03. The summed E-state index contributed by atoms with van der Waals surface area (Å²) in [6.07, 6.45) is 0. The fraction of sp³-hybridized carbons (Fsp3) is 0. The summed E-state index contributed by atoms with van der Waals surface area (Å²) in [7, 11) is 0. The average Bonchev–Trinajstić information content (AvgIpc) is 2.05. The van der Waals surface area contributed by atoms with Gasteiger partial charge < -0.3 is 0 Å². The predicted molar refractivity (Wildman–Crippen MR) is 44.4 cm³/mol. The summed E-state index contributed by atoms with van der Waals surface area (Å²) in [6.45, 7) is 0. The van der Waals surface area contributed by atoms with Gasteiger partial charge in [-0.25, -0.2) is 5.48 Å². The zero-order valence-corrected chi connectivity index (χ0v) is 6.88. The van der Waals surface area contributed by atoms with Crippen molar-refractivity contribution in [2.24, 2.45) is 11.0 Å². The standard InChI is InChI=1S/C6H7ClN4O/c7-4-1-2-5(10-8)6(3-4)11-12-9/h1-3,8,11H,9H2/p+1. The van der Waals surface area contributed by atoms with Crippen molar-refractivity contribution in [1.82, 2.24) is 0 Å². The zero-order chi connectivity index (χ0) is 8.97. The molecule has 0 aliphatic heterocycles. The van der Waals surface area contributed by atoms with Gasteiger partial charge in [0.1, 0.15) is 0 Å².